The fraction of sp³-hybridized carbons (Fsp3) is 0.588. The Bertz CT molecular complexity index is 591. The van der Waals surface area contributed by atoms with Crippen LogP contribution in [-0.4, -0.2) is 22.7 Å². The number of methoxy groups -OCH3 is 1. The first kappa shape index (κ1) is 16.0. The summed E-state index contributed by atoms with van der Waals surface area (Å²) in [5.74, 6) is 1.25. The van der Waals surface area contributed by atoms with Crippen LogP contribution < -0.4 is 0 Å². The Morgan fingerprint density at radius 1 is 1.38 bits per heavy atom. The first-order valence-electron chi connectivity index (χ1n) is 7.59. The normalized spacial score (nSPS) is 13.8. The standard InChI is InChI=1S/C17H25FN2O/c1-12(6-5-9-17(2,3)21-4)10-16-19-14-8-7-13(18)11-15(14)20-16/h7-8,11-12H,5-6,9-10H2,1-4H3,(H,19,20)/t12-/m1/s1. The molecule has 0 fully saturated rings. The smallest absolute Gasteiger partial charge is 0.125 e. The van der Waals surface area contributed by atoms with Crippen molar-refractivity contribution in [2.75, 3.05) is 7.11 Å². The maximum absolute atomic E-state index is 13.2. The number of ether oxygens (including phenoxy) is 1. The number of nitrogens with zero attached hydrogens (tertiary/aromatic N) is 1. The topological polar surface area (TPSA) is 37.9 Å². The SMILES string of the molecule is COC(C)(C)CCC[C@@H](C)Cc1nc2ccc(F)cc2[nH]1. The molecular formula is C17H25FN2O. The molecule has 0 bridgehead atoms. The maximum Gasteiger partial charge on any atom is 0.125 e. The summed E-state index contributed by atoms with van der Waals surface area (Å²) in [5.41, 5.74) is 1.56. The Labute approximate surface area is 125 Å². The first-order chi connectivity index (χ1) is 9.89. The minimum absolute atomic E-state index is 0.0450. The van der Waals surface area contributed by atoms with Gasteiger partial charge in [0, 0.05) is 13.5 Å². The molecule has 21 heavy (non-hydrogen) atoms. The van der Waals surface area contributed by atoms with Crippen LogP contribution in [0.15, 0.2) is 18.2 Å². The number of hydrogen-bond acceptors (Lipinski definition) is 2. The zero-order valence-corrected chi connectivity index (χ0v) is 13.4. The van der Waals surface area contributed by atoms with Crippen LogP contribution in [0.3, 0.4) is 0 Å². The zero-order valence-electron chi connectivity index (χ0n) is 13.4. The van der Waals surface area contributed by atoms with E-state index < -0.39 is 0 Å². The van der Waals surface area contributed by atoms with Crippen LogP contribution in [0.5, 0.6) is 0 Å². The van der Waals surface area contributed by atoms with Gasteiger partial charge in [0.25, 0.3) is 0 Å². The van der Waals surface area contributed by atoms with Gasteiger partial charge in [0.2, 0.25) is 0 Å². The van der Waals surface area contributed by atoms with Crippen molar-refractivity contribution in [2.24, 2.45) is 5.92 Å². The maximum atomic E-state index is 13.2. The second kappa shape index (κ2) is 6.56. The van der Waals surface area contributed by atoms with Crippen LogP contribution in [0, 0.1) is 11.7 Å². The minimum Gasteiger partial charge on any atom is -0.379 e. The molecule has 1 N–H and O–H groups in total. The van der Waals surface area contributed by atoms with Crippen molar-refractivity contribution in [3.05, 3.63) is 29.8 Å². The van der Waals surface area contributed by atoms with Crippen LogP contribution in [0.4, 0.5) is 4.39 Å². The van der Waals surface area contributed by atoms with Gasteiger partial charge in [-0.1, -0.05) is 19.8 Å². The van der Waals surface area contributed by atoms with Gasteiger partial charge in [-0.25, -0.2) is 9.37 Å². The van der Waals surface area contributed by atoms with Crippen LogP contribution >= 0.6 is 0 Å². The van der Waals surface area contributed by atoms with Gasteiger partial charge < -0.3 is 9.72 Å². The lowest BCUT2D eigenvalue weighted by Gasteiger charge is -2.23. The zero-order chi connectivity index (χ0) is 15.5. The predicted molar refractivity (Wildman–Crippen MR) is 83.9 cm³/mol. The highest BCUT2D eigenvalue weighted by molar-refractivity contribution is 5.74. The number of H-pyrrole nitrogens is 1. The number of fused-ring (bicyclic) bond motifs is 1. The van der Waals surface area contributed by atoms with Crippen molar-refractivity contribution >= 4 is 11.0 Å². The third kappa shape index (κ3) is 4.53. The van der Waals surface area contributed by atoms with E-state index in [1.54, 1.807) is 13.2 Å². The van der Waals surface area contributed by atoms with E-state index in [4.69, 9.17) is 4.74 Å². The monoisotopic (exact) mass is 292 g/mol. The number of aromatic amines is 1. The molecule has 0 saturated heterocycles. The largest absolute Gasteiger partial charge is 0.379 e. The first-order valence-corrected chi connectivity index (χ1v) is 7.59. The summed E-state index contributed by atoms with van der Waals surface area (Å²) in [7, 11) is 1.76. The quantitative estimate of drug-likeness (QED) is 0.817. The molecule has 2 rings (SSSR count). The summed E-state index contributed by atoms with van der Waals surface area (Å²) in [6, 6.07) is 4.66. The van der Waals surface area contributed by atoms with E-state index >= 15 is 0 Å². The molecule has 4 heteroatoms. The van der Waals surface area contributed by atoms with Gasteiger partial charge in [0.05, 0.1) is 16.6 Å². The molecule has 2 aromatic rings. The van der Waals surface area contributed by atoms with Gasteiger partial charge in [-0.05, 0) is 44.4 Å². The molecule has 1 aromatic heterocycles. The van der Waals surface area contributed by atoms with E-state index in [0.29, 0.717) is 5.92 Å². The second-order valence-corrected chi connectivity index (χ2v) is 6.51. The van der Waals surface area contributed by atoms with Crippen LogP contribution in [-0.2, 0) is 11.2 Å². The van der Waals surface area contributed by atoms with Gasteiger partial charge in [0.1, 0.15) is 11.6 Å². The Morgan fingerprint density at radius 2 is 2.14 bits per heavy atom. The van der Waals surface area contributed by atoms with Crippen LogP contribution in [0.25, 0.3) is 11.0 Å². The lowest BCUT2D eigenvalue weighted by atomic mass is 9.95. The molecule has 0 aliphatic rings. The van der Waals surface area contributed by atoms with Gasteiger partial charge >= 0.3 is 0 Å². The molecule has 3 nitrogen and oxygen atoms in total. The molecular weight excluding hydrogens is 267 g/mol. The Kier molecular flexibility index (Phi) is 4.99. The Balaban J connectivity index is 1.88. The summed E-state index contributed by atoms with van der Waals surface area (Å²) in [4.78, 5) is 7.73. The fourth-order valence-corrected chi connectivity index (χ4v) is 2.54. The van der Waals surface area contributed by atoms with Crippen molar-refractivity contribution in [3.63, 3.8) is 0 Å². The molecule has 1 aromatic carbocycles. The predicted octanol–water partition coefficient (Wildman–Crippen LogP) is 4.48. The van der Waals surface area contributed by atoms with E-state index in [9.17, 15) is 4.39 Å². The molecule has 0 aliphatic carbocycles. The molecule has 0 radical (unpaired) electrons. The molecule has 0 unspecified atom stereocenters. The third-order valence-corrected chi connectivity index (χ3v) is 4.06. The van der Waals surface area contributed by atoms with E-state index in [0.717, 1.165) is 42.5 Å². The molecule has 0 amide bonds. The van der Waals surface area contributed by atoms with Gasteiger partial charge in [0.15, 0.2) is 0 Å². The van der Waals surface area contributed by atoms with Crippen molar-refractivity contribution < 1.29 is 9.13 Å². The summed E-state index contributed by atoms with van der Waals surface area (Å²) >= 11 is 0. The number of aromatic nitrogens is 2. The van der Waals surface area contributed by atoms with Crippen LogP contribution in [0.2, 0.25) is 0 Å². The summed E-state index contributed by atoms with van der Waals surface area (Å²) in [5, 5.41) is 0. The molecule has 0 aliphatic heterocycles. The van der Waals surface area contributed by atoms with Crippen molar-refractivity contribution in [3.8, 4) is 0 Å². The van der Waals surface area contributed by atoms with E-state index in [1.165, 1.54) is 12.1 Å². The van der Waals surface area contributed by atoms with Crippen molar-refractivity contribution in [2.45, 2.75) is 52.1 Å². The molecule has 0 spiro atoms. The average molecular weight is 292 g/mol. The highest BCUT2D eigenvalue weighted by Crippen LogP contribution is 2.21. The molecule has 0 saturated carbocycles. The number of imidazole rings is 1. The van der Waals surface area contributed by atoms with Crippen molar-refractivity contribution in [1.29, 1.82) is 0 Å². The molecule has 116 valence electrons. The Hall–Kier alpha value is -1.42. The van der Waals surface area contributed by atoms with Crippen molar-refractivity contribution in [1.82, 2.24) is 9.97 Å². The summed E-state index contributed by atoms with van der Waals surface area (Å²) in [6.45, 7) is 6.46. The molecule has 1 heterocycles. The number of rotatable bonds is 7. The minimum atomic E-state index is -0.229. The fourth-order valence-electron chi connectivity index (χ4n) is 2.54. The highest BCUT2D eigenvalue weighted by Gasteiger charge is 2.16. The summed E-state index contributed by atoms with van der Waals surface area (Å²) < 4.78 is 18.6. The van der Waals surface area contributed by atoms with E-state index in [2.05, 4.69) is 30.7 Å². The van der Waals surface area contributed by atoms with Crippen LogP contribution in [0.1, 0.15) is 45.9 Å². The second-order valence-electron chi connectivity index (χ2n) is 6.51. The van der Waals surface area contributed by atoms with Gasteiger partial charge in [-0.2, -0.15) is 0 Å². The lowest BCUT2D eigenvalue weighted by Crippen LogP contribution is -2.22. The Morgan fingerprint density at radius 3 is 2.86 bits per heavy atom. The number of halogens is 1. The number of nitrogens with one attached hydrogen (secondary N) is 1. The number of benzene rings is 1. The third-order valence-electron chi connectivity index (χ3n) is 4.06. The van der Waals surface area contributed by atoms with E-state index in [-0.39, 0.29) is 11.4 Å². The highest BCUT2D eigenvalue weighted by atomic mass is 19.1. The summed E-state index contributed by atoms with van der Waals surface area (Å²) in [6.07, 6.45) is 4.22. The molecule has 1 atom stereocenters. The van der Waals surface area contributed by atoms with Gasteiger partial charge in [-0.15, -0.1) is 0 Å². The average Bonchev–Trinajstić information content (AvgIpc) is 2.79. The van der Waals surface area contributed by atoms with E-state index in [1.807, 2.05) is 0 Å². The van der Waals surface area contributed by atoms with Gasteiger partial charge in [-0.3, -0.25) is 0 Å². The number of hydrogen-bond donors (Lipinski definition) is 1. The lowest BCUT2D eigenvalue weighted by molar-refractivity contribution is 0.0127.